The summed E-state index contributed by atoms with van der Waals surface area (Å²) in [6.45, 7) is 2.02. The second-order valence-electron chi connectivity index (χ2n) is 6.99. The Bertz CT molecular complexity index is 1190. The summed E-state index contributed by atoms with van der Waals surface area (Å²) in [6, 6.07) is 21.2. The first-order valence-electron chi connectivity index (χ1n) is 10.1. The van der Waals surface area contributed by atoms with E-state index in [2.05, 4.69) is 15.5 Å². The summed E-state index contributed by atoms with van der Waals surface area (Å²) in [5.41, 5.74) is 0.770. The largest absolute Gasteiger partial charge is 0.497 e. The summed E-state index contributed by atoms with van der Waals surface area (Å²) >= 11 is 0. The van der Waals surface area contributed by atoms with Crippen LogP contribution in [-0.2, 0) is 11.3 Å². The van der Waals surface area contributed by atoms with E-state index >= 15 is 0 Å². The second kappa shape index (κ2) is 9.30. The molecule has 0 spiro atoms. The van der Waals surface area contributed by atoms with Crippen molar-refractivity contribution in [3.05, 3.63) is 72.6 Å². The van der Waals surface area contributed by atoms with Crippen LogP contribution < -0.4 is 14.8 Å². The monoisotopic (exact) mass is 417 g/mol. The number of nitrogens with one attached hydrogen (secondary N) is 1. The van der Waals surface area contributed by atoms with Gasteiger partial charge in [-0.05, 0) is 41.5 Å². The molecule has 1 unspecified atom stereocenters. The van der Waals surface area contributed by atoms with Crippen molar-refractivity contribution in [2.75, 3.05) is 7.11 Å². The van der Waals surface area contributed by atoms with Crippen molar-refractivity contribution in [2.24, 2.45) is 0 Å². The average molecular weight is 417 g/mol. The van der Waals surface area contributed by atoms with Crippen LogP contribution in [0.1, 0.15) is 19.2 Å². The zero-order chi connectivity index (χ0) is 21.6. The molecule has 1 N–H and O–H groups in total. The standard InChI is InChI=1S/C24H23N3O4/c1-3-21(30-20-12-11-16-7-4-5-8-17(16)13-20)24(28)25-15-22-26-23(27-31-22)18-9-6-10-19(14-18)29-2/h4-14,21H,3,15H2,1-2H3,(H,25,28). The van der Waals surface area contributed by atoms with Gasteiger partial charge in [-0.25, -0.2) is 0 Å². The lowest BCUT2D eigenvalue weighted by Crippen LogP contribution is -2.37. The molecule has 7 nitrogen and oxygen atoms in total. The van der Waals surface area contributed by atoms with Gasteiger partial charge in [0.25, 0.3) is 5.91 Å². The second-order valence-corrected chi connectivity index (χ2v) is 6.99. The Kier molecular flexibility index (Phi) is 6.12. The van der Waals surface area contributed by atoms with Gasteiger partial charge in [-0.15, -0.1) is 0 Å². The quantitative estimate of drug-likeness (QED) is 0.458. The van der Waals surface area contributed by atoms with Gasteiger partial charge in [0.1, 0.15) is 11.5 Å². The SMILES string of the molecule is CCC(Oc1ccc2ccccc2c1)C(=O)NCc1nc(-c2cccc(OC)c2)no1. The number of carbonyl (C=O) groups excluding carboxylic acids is 1. The maximum absolute atomic E-state index is 12.6. The lowest BCUT2D eigenvalue weighted by atomic mass is 10.1. The van der Waals surface area contributed by atoms with Crippen molar-refractivity contribution in [3.63, 3.8) is 0 Å². The Morgan fingerprint density at radius 2 is 1.87 bits per heavy atom. The number of carbonyl (C=O) groups is 1. The summed E-state index contributed by atoms with van der Waals surface area (Å²) < 4.78 is 16.4. The van der Waals surface area contributed by atoms with Crippen LogP contribution >= 0.6 is 0 Å². The van der Waals surface area contributed by atoms with Gasteiger partial charge in [0.2, 0.25) is 11.7 Å². The minimum atomic E-state index is -0.623. The van der Waals surface area contributed by atoms with Crippen molar-refractivity contribution in [1.29, 1.82) is 0 Å². The van der Waals surface area contributed by atoms with Crippen molar-refractivity contribution in [2.45, 2.75) is 26.0 Å². The maximum Gasteiger partial charge on any atom is 0.261 e. The van der Waals surface area contributed by atoms with E-state index in [1.54, 1.807) is 7.11 Å². The van der Waals surface area contributed by atoms with Crippen LogP contribution in [0.2, 0.25) is 0 Å². The van der Waals surface area contributed by atoms with Crippen LogP contribution in [0.15, 0.2) is 71.3 Å². The van der Waals surface area contributed by atoms with Crippen LogP contribution in [-0.4, -0.2) is 29.3 Å². The lowest BCUT2D eigenvalue weighted by Gasteiger charge is -2.17. The molecule has 0 saturated carbocycles. The number of ether oxygens (including phenoxy) is 2. The summed E-state index contributed by atoms with van der Waals surface area (Å²) in [4.78, 5) is 17.0. The average Bonchev–Trinajstić information content (AvgIpc) is 3.30. The molecule has 1 atom stereocenters. The third kappa shape index (κ3) is 4.83. The molecular weight excluding hydrogens is 394 g/mol. The number of benzene rings is 3. The van der Waals surface area contributed by atoms with E-state index < -0.39 is 6.10 Å². The number of fused-ring (bicyclic) bond motifs is 1. The number of rotatable bonds is 8. The van der Waals surface area contributed by atoms with Crippen molar-refractivity contribution >= 4 is 16.7 Å². The van der Waals surface area contributed by atoms with Crippen LogP contribution in [0.5, 0.6) is 11.5 Å². The molecule has 0 radical (unpaired) electrons. The van der Waals surface area contributed by atoms with E-state index in [4.69, 9.17) is 14.0 Å². The van der Waals surface area contributed by atoms with E-state index in [1.165, 1.54) is 0 Å². The predicted molar refractivity (Wildman–Crippen MR) is 117 cm³/mol. The molecule has 1 amide bonds. The zero-order valence-electron chi connectivity index (χ0n) is 17.4. The van der Waals surface area contributed by atoms with Gasteiger partial charge in [-0.3, -0.25) is 4.79 Å². The number of aromatic nitrogens is 2. The maximum atomic E-state index is 12.6. The van der Waals surface area contributed by atoms with Gasteiger partial charge < -0.3 is 19.3 Å². The van der Waals surface area contributed by atoms with Crippen LogP contribution in [0, 0.1) is 0 Å². The van der Waals surface area contributed by atoms with E-state index in [0.29, 0.717) is 29.6 Å². The highest BCUT2D eigenvalue weighted by atomic mass is 16.5. The number of hydrogen-bond donors (Lipinski definition) is 1. The Balaban J connectivity index is 1.38. The Morgan fingerprint density at radius 3 is 2.68 bits per heavy atom. The van der Waals surface area contributed by atoms with Gasteiger partial charge in [0.05, 0.1) is 13.7 Å². The Labute approximate surface area is 180 Å². The van der Waals surface area contributed by atoms with E-state index in [-0.39, 0.29) is 12.5 Å². The van der Waals surface area contributed by atoms with Crippen LogP contribution in [0.3, 0.4) is 0 Å². The first-order valence-corrected chi connectivity index (χ1v) is 10.1. The minimum absolute atomic E-state index is 0.118. The third-order valence-corrected chi connectivity index (χ3v) is 4.87. The summed E-state index contributed by atoms with van der Waals surface area (Å²) in [5, 5.41) is 8.97. The molecule has 1 aromatic heterocycles. The number of hydrogen-bond acceptors (Lipinski definition) is 6. The molecule has 0 aliphatic rings. The predicted octanol–water partition coefficient (Wildman–Crippen LogP) is 4.37. The van der Waals surface area contributed by atoms with Crippen LogP contribution in [0.25, 0.3) is 22.2 Å². The minimum Gasteiger partial charge on any atom is -0.497 e. The number of amides is 1. The van der Waals surface area contributed by atoms with Gasteiger partial charge >= 0.3 is 0 Å². The lowest BCUT2D eigenvalue weighted by molar-refractivity contribution is -0.128. The van der Waals surface area contributed by atoms with E-state index in [1.807, 2.05) is 73.7 Å². The third-order valence-electron chi connectivity index (χ3n) is 4.87. The Hall–Kier alpha value is -3.87. The first kappa shape index (κ1) is 20.4. The molecule has 4 rings (SSSR count). The van der Waals surface area contributed by atoms with Gasteiger partial charge in [-0.1, -0.05) is 54.5 Å². The molecular formula is C24H23N3O4. The molecule has 31 heavy (non-hydrogen) atoms. The smallest absolute Gasteiger partial charge is 0.261 e. The molecule has 0 saturated heterocycles. The molecule has 0 aliphatic carbocycles. The number of methoxy groups -OCH3 is 1. The van der Waals surface area contributed by atoms with Crippen LogP contribution in [0.4, 0.5) is 0 Å². The molecule has 3 aromatic carbocycles. The van der Waals surface area contributed by atoms with Gasteiger partial charge in [0.15, 0.2) is 6.10 Å². The van der Waals surface area contributed by atoms with E-state index in [0.717, 1.165) is 16.3 Å². The zero-order valence-corrected chi connectivity index (χ0v) is 17.4. The number of nitrogens with zero attached hydrogens (tertiary/aromatic N) is 2. The highest BCUT2D eigenvalue weighted by Crippen LogP contribution is 2.23. The molecule has 0 bridgehead atoms. The Morgan fingerprint density at radius 1 is 1.03 bits per heavy atom. The van der Waals surface area contributed by atoms with Crippen molar-refractivity contribution < 1.29 is 18.8 Å². The van der Waals surface area contributed by atoms with E-state index in [9.17, 15) is 4.79 Å². The topological polar surface area (TPSA) is 86.5 Å². The summed E-state index contributed by atoms with van der Waals surface area (Å²) in [7, 11) is 1.60. The molecule has 4 aromatic rings. The fourth-order valence-electron chi connectivity index (χ4n) is 3.21. The van der Waals surface area contributed by atoms with Crippen molar-refractivity contribution in [1.82, 2.24) is 15.5 Å². The fourth-order valence-corrected chi connectivity index (χ4v) is 3.21. The molecule has 0 aliphatic heterocycles. The summed E-state index contributed by atoms with van der Waals surface area (Å²) in [5.74, 6) is 1.86. The molecule has 158 valence electrons. The molecule has 0 fully saturated rings. The molecule has 7 heteroatoms. The highest BCUT2D eigenvalue weighted by Gasteiger charge is 2.19. The highest BCUT2D eigenvalue weighted by molar-refractivity contribution is 5.84. The van der Waals surface area contributed by atoms with Gasteiger partial charge in [0, 0.05) is 5.56 Å². The first-order chi connectivity index (χ1) is 15.2. The summed E-state index contributed by atoms with van der Waals surface area (Å²) in [6.07, 6.45) is -0.0979. The normalized spacial score (nSPS) is 11.8. The fraction of sp³-hybridized carbons (Fsp3) is 0.208. The van der Waals surface area contributed by atoms with Crippen molar-refractivity contribution in [3.8, 4) is 22.9 Å². The molecule has 1 heterocycles. The van der Waals surface area contributed by atoms with Gasteiger partial charge in [-0.2, -0.15) is 4.98 Å².